The maximum absolute atomic E-state index is 13.7. The topological polar surface area (TPSA) is 124 Å². The van der Waals surface area contributed by atoms with Gasteiger partial charge in [0.1, 0.15) is 24.2 Å². The third-order valence-electron chi connectivity index (χ3n) is 6.69. The monoisotopic (exact) mass is 583 g/mol. The highest BCUT2D eigenvalue weighted by molar-refractivity contribution is 6.31. The molecule has 2 bridgehead atoms. The average molecular weight is 584 g/mol. The molecule has 0 saturated heterocycles. The van der Waals surface area contributed by atoms with Gasteiger partial charge in [0.15, 0.2) is 11.5 Å². The number of aromatic nitrogens is 2. The number of carbonyl (C=O) groups is 3. The van der Waals surface area contributed by atoms with Crippen LogP contribution in [-0.4, -0.2) is 78.7 Å². The average Bonchev–Trinajstić information content (AvgIpc) is 3.42. The first-order valence-electron chi connectivity index (χ1n) is 13.2. The Morgan fingerprint density at radius 2 is 1.85 bits per heavy atom. The minimum absolute atomic E-state index is 0.0441. The van der Waals surface area contributed by atoms with Crippen LogP contribution in [0.4, 0.5) is 0 Å². The van der Waals surface area contributed by atoms with Gasteiger partial charge >= 0.3 is 0 Å². The van der Waals surface area contributed by atoms with Crippen LogP contribution in [0.1, 0.15) is 24.2 Å². The van der Waals surface area contributed by atoms with Gasteiger partial charge in [-0.05, 0) is 42.3 Å². The summed E-state index contributed by atoms with van der Waals surface area (Å²) < 4.78 is 18.9. The third kappa shape index (κ3) is 7.10. The summed E-state index contributed by atoms with van der Waals surface area (Å²) in [5, 5.41) is 6.04. The van der Waals surface area contributed by atoms with Gasteiger partial charge in [0.25, 0.3) is 5.91 Å². The SMILES string of the molecule is COc1ccc2cc1OCCN(C(=O)c1cc(Cl)ccc1OC)CC(=O)N[C@H](C(C)C)C(=O)NCCn1ccnc1-2. The van der Waals surface area contributed by atoms with Gasteiger partial charge in [-0.15, -0.1) is 0 Å². The molecule has 0 spiro atoms. The number of hydrogen-bond acceptors (Lipinski definition) is 7. The van der Waals surface area contributed by atoms with Crippen molar-refractivity contribution in [1.82, 2.24) is 25.1 Å². The van der Waals surface area contributed by atoms with E-state index in [1.165, 1.54) is 25.2 Å². The van der Waals surface area contributed by atoms with E-state index in [0.717, 1.165) is 5.56 Å². The van der Waals surface area contributed by atoms with E-state index < -0.39 is 17.9 Å². The number of fused-ring (bicyclic) bond motifs is 4. The predicted molar refractivity (Wildman–Crippen MR) is 153 cm³/mol. The molecule has 0 radical (unpaired) electrons. The zero-order valence-electron chi connectivity index (χ0n) is 23.5. The van der Waals surface area contributed by atoms with Gasteiger partial charge in [-0.3, -0.25) is 14.4 Å². The summed E-state index contributed by atoms with van der Waals surface area (Å²) in [6.07, 6.45) is 3.51. The number of nitrogens with one attached hydrogen (secondary N) is 2. The molecule has 1 aliphatic heterocycles. The largest absolute Gasteiger partial charge is 0.496 e. The van der Waals surface area contributed by atoms with Crippen LogP contribution in [0.25, 0.3) is 11.4 Å². The number of imidazole rings is 1. The lowest BCUT2D eigenvalue weighted by Gasteiger charge is -2.26. The molecule has 218 valence electrons. The number of nitrogens with zero attached hydrogens (tertiary/aromatic N) is 3. The standard InChI is InChI=1S/C29H34ClN5O6/c1-18(2)26-28(37)32-10-12-34-11-9-31-27(34)19-5-7-23(40-4)24(15-19)41-14-13-35(17-25(36)33-26)29(38)21-16-20(30)6-8-22(21)39-3/h5-9,11,15-16,18,26H,10,12-14,17H2,1-4H3,(H,32,37)(H,33,36)/t26-/m1/s1. The summed E-state index contributed by atoms with van der Waals surface area (Å²) >= 11 is 6.18. The molecule has 1 aromatic heterocycles. The predicted octanol–water partition coefficient (Wildman–Crippen LogP) is 3.01. The number of carbonyl (C=O) groups excluding carboxylic acids is 3. The first-order valence-corrected chi connectivity index (χ1v) is 13.6. The number of hydrogen-bond donors (Lipinski definition) is 2. The molecule has 0 aliphatic carbocycles. The Hall–Kier alpha value is -4.25. The van der Waals surface area contributed by atoms with Crippen LogP contribution in [0.2, 0.25) is 5.02 Å². The van der Waals surface area contributed by atoms with Crippen molar-refractivity contribution in [2.75, 3.05) is 40.5 Å². The summed E-state index contributed by atoms with van der Waals surface area (Å²) in [4.78, 5) is 45.8. The molecule has 1 atom stereocenters. The molecule has 0 unspecified atom stereocenters. The van der Waals surface area contributed by atoms with Crippen LogP contribution in [0.5, 0.6) is 17.2 Å². The van der Waals surface area contributed by atoms with Crippen molar-refractivity contribution in [2.45, 2.75) is 26.4 Å². The van der Waals surface area contributed by atoms with Crippen LogP contribution >= 0.6 is 11.6 Å². The summed E-state index contributed by atoms with van der Waals surface area (Å²) in [5.74, 6) is 0.479. The normalized spacial score (nSPS) is 16.6. The quantitative estimate of drug-likeness (QED) is 0.484. The van der Waals surface area contributed by atoms with E-state index in [4.69, 9.17) is 25.8 Å². The Bertz CT molecular complexity index is 1410. The molecule has 0 fully saturated rings. The second-order valence-corrected chi connectivity index (χ2v) is 10.2. The molecule has 3 aromatic rings. The molecule has 41 heavy (non-hydrogen) atoms. The smallest absolute Gasteiger partial charge is 0.258 e. The number of benzene rings is 2. The number of ether oxygens (including phenoxy) is 3. The van der Waals surface area contributed by atoms with E-state index in [9.17, 15) is 14.4 Å². The first kappa shape index (κ1) is 29.7. The van der Waals surface area contributed by atoms with Crippen molar-refractivity contribution in [3.63, 3.8) is 0 Å². The number of amides is 3. The van der Waals surface area contributed by atoms with Crippen LogP contribution in [0, 0.1) is 5.92 Å². The fourth-order valence-electron chi connectivity index (χ4n) is 4.55. The summed E-state index contributed by atoms with van der Waals surface area (Å²) in [6, 6.07) is 9.35. The van der Waals surface area contributed by atoms with Crippen LogP contribution < -0.4 is 24.8 Å². The molecule has 2 aromatic carbocycles. The Labute approximate surface area is 243 Å². The molecule has 1 aliphatic rings. The third-order valence-corrected chi connectivity index (χ3v) is 6.92. The van der Waals surface area contributed by atoms with E-state index >= 15 is 0 Å². The van der Waals surface area contributed by atoms with Gasteiger partial charge in [-0.2, -0.15) is 0 Å². The lowest BCUT2D eigenvalue weighted by molar-refractivity contribution is -0.130. The minimum Gasteiger partial charge on any atom is -0.496 e. The number of halogens is 1. The van der Waals surface area contributed by atoms with Crippen molar-refractivity contribution in [3.05, 3.63) is 59.4 Å². The molecule has 3 amide bonds. The van der Waals surface area contributed by atoms with Gasteiger partial charge in [-0.25, -0.2) is 4.98 Å². The van der Waals surface area contributed by atoms with E-state index in [1.54, 1.807) is 24.4 Å². The van der Waals surface area contributed by atoms with Crippen molar-refractivity contribution < 1.29 is 28.6 Å². The zero-order chi connectivity index (χ0) is 29.5. The summed E-state index contributed by atoms with van der Waals surface area (Å²) in [6.45, 7) is 4.24. The fraction of sp³-hybridized carbons (Fsp3) is 0.379. The van der Waals surface area contributed by atoms with Crippen molar-refractivity contribution in [3.8, 4) is 28.6 Å². The van der Waals surface area contributed by atoms with Gasteiger partial charge < -0.3 is 34.3 Å². The molecule has 2 N–H and O–H groups in total. The number of rotatable bonds is 4. The van der Waals surface area contributed by atoms with Crippen molar-refractivity contribution in [2.24, 2.45) is 5.92 Å². The Morgan fingerprint density at radius 3 is 2.59 bits per heavy atom. The van der Waals surface area contributed by atoms with Gasteiger partial charge in [-0.1, -0.05) is 25.4 Å². The summed E-state index contributed by atoms with van der Waals surface area (Å²) in [7, 11) is 2.99. The lowest BCUT2D eigenvalue weighted by atomic mass is 10.0. The molecule has 2 heterocycles. The maximum atomic E-state index is 13.7. The van der Waals surface area contributed by atoms with E-state index in [-0.39, 0.29) is 37.1 Å². The highest BCUT2D eigenvalue weighted by Crippen LogP contribution is 2.32. The first-order chi connectivity index (χ1) is 19.7. The van der Waals surface area contributed by atoms with Crippen molar-refractivity contribution >= 4 is 29.3 Å². The fourth-order valence-corrected chi connectivity index (χ4v) is 4.72. The van der Waals surface area contributed by atoms with E-state index in [0.29, 0.717) is 41.2 Å². The molecular weight excluding hydrogens is 550 g/mol. The molecule has 0 saturated carbocycles. The minimum atomic E-state index is -0.798. The second-order valence-electron chi connectivity index (χ2n) is 9.81. The molecule has 4 rings (SSSR count). The highest BCUT2D eigenvalue weighted by atomic mass is 35.5. The summed E-state index contributed by atoms with van der Waals surface area (Å²) in [5.41, 5.74) is 0.984. The molecule has 11 nitrogen and oxygen atoms in total. The van der Waals surface area contributed by atoms with Gasteiger partial charge in [0.05, 0.1) is 32.9 Å². The Balaban J connectivity index is 1.70. The number of methoxy groups -OCH3 is 2. The van der Waals surface area contributed by atoms with E-state index in [2.05, 4.69) is 15.6 Å². The second kappa shape index (κ2) is 13.4. The lowest BCUT2D eigenvalue weighted by Crippen LogP contribution is -2.53. The Morgan fingerprint density at radius 1 is 1.10 bits per heavy atom. The van der Waals surface area contributed by atoms with Gasteiger partial charge in [0, 0.05) is 36.1 Å². The van der Waals surface area contributed by atoms with Gasteiger partial charge in [0.2, 0.25) is 11.8 Å². The van der Waals surface area contributed by atoms with Crippen LogP contribution in [0.15, 0.2) is 48.8 Å². The maximum Gasteiger partial charge on any atom is 0.258 e. The van der Waals surface area contributed by atoms with Crippen LogP contribution in [0.3, 0.4) is 0 Å². The van der Waals surface area contributed by atoms with E-state index in [1.807, 2.05) is 36.7 Å². The molecule has 12 heteroatoms. The molecular formula is C29H34ClN5O6. The zero-order valence-corrected chi connectivity index (χ0v) is 24.2. The van der Waals surface area contributed by atoms with Crippen molar-refractivity contribution in [1.29, 1.82) is 0 Å². The Kier molecular flexibility index (Phi) is 9.72. The van der Waals surface area contributed by atoms with Crippen LogP contribution in [-0.2, 0) is 16.1 Å². The highest BCUT2D eigenvalue weighted by Gasteiger charge is 2.28.